The molecule has 0 radical (unpaired) electrons. The molecule has 0 saturated heterocycles. The third-order valence-corrected chi connectivity index (χ3v) is 3.31. The molecular formula is C15H29N3. The summed E-state index contributed by atoms with van der Waals surface area (Å²) in [5.74, 6) is 1.45. The molecule has 1 heterocycles. The molecule has 1 aromatic heterocycles. The summed E-state index contributed by atoms with van der Waals surface area (Å²) in [7, 11) is 2.05. The first-order chi connectivity index (χ1) is 8.52. The molecule has 18 heavy (non-hydrogen) atoms. The van der Waals surface area contributed by atoms with Crippen LogP contribution in [0.4, 0.5) is 0 Å². The third-order valence-electron chi connectivity index (χ3n) is 3.31. The van der Waals surface area contributed by atoms with Gasteiger partial charge >= 0.3 is 0 Å². The van der Waals surface area contributed by atoms with E-state index in [2.05, 4.69) is 51.2 Å². The van der Waals surface area contributed by atoms with E-state index in [0.717, 1.165) is 31.8 Å². The lowest BCUT2D eigenvalue weighted by molar-refractivity contribution is 0.465. The van der Waals surface area contributed by atoms with Crippen molar-refractivity contribution < 1.29 is 0 Å². The largest absolute Gasteiger partial charge is 0.316 e. The fourth-order valence-corrected chi connectivity index (χ4v) is 2.13. The van der Waals surface area contributed by atoms with Crippen LogP contribution in [0.15, 0.2) is 6.07 Å². The average Bonchev–Trinajstić information content (AvgIpc) is 2.65. The molecule has 0 saturated carbocycles. The zero-order valence-corrected chi connectivity index (χ0v) is 12.7. The number of aromatic nitrogens is 2. The molecule has 104 valence electrons. The van der Waals surface area contributed by atoms with Crippen molar-refractivity contribution in [2.75, 3.05) is 13.1 Å². The molecule has 1 atom stereocenters. The molecule has 0 amide bonds. The highest BCUT2D eigenvalue weighted by atomic mass is 15.3. The van der Waals surface area contributed by atoms with Gasteiger partial charge in [-0.1, -0.05) is 27.7 Å². The van der Waals surface area contributed by atoms with Crippen LogP contribution in [0.2, 0.25) is 0 Å². The highest BCUT2D eigenvalue weighted by Gasteiger charge is 2.09. The Balaban J connectivity index is 2.30. The molecule has 1 N–H and O–H groups in total. The minimum atomic E-state index is 0.713. The summed E-state index contributed by atoms with van der Waals surface area (Å²) in [6, 6.07) is 2.25. The standard InChI is InChI=1S/C15H29N3/c1-6-14-10-15(18(5)17-14)9-13(4)7-8-16-11-12(2)3/h10,12-13,16H,6-9,11H2,1-5H3. The Morgan fingerprint density at radius 2 is 2.06 bits per heavy atom. The van der Waals surface area contributed by atoms with Crippen molar-refractivity contribution in [3.8, 4) is 0 Å². The molecule has 0 aliphatic carbocycles. The van der Waals surface area contributed by atoms with Crippen molar-refractivity contribution in [2.45, 2.75) is 47.0 Å². The number of rotatable bonds is 8. The Bertz CT molecular complexity index is 342. The second kappa shape index (κ2) is 7.57. The van der Waals surface area contributed by atoms with Crippen LogP contribution in [0.25, 0.3) is 0 Å². The second-order valence-electron chi connectivity index (χ2n) is 5.80. The lowest BCUT2D eigenvalue weighted by atomic mass is 10.0. The van der Waals surface area contributed by atoms with Crippen LogP contribution >= 0.6 is 0 Å². The Morgan fingerprint density at radius 1 is 1.33 bits per heavy atom. The van der Waals surface area contributed by atoms with Gasteiger partial charge in [0.05, 0.1) is 5.69 Å². The first-order valence-corrected chi connectivity index (χ1v) is 7.25. The van der Waals surface area contributed by atoms with Crippen molar-refractivity contribution in [1.82, 2.24) is 15.1 Å². The fraction of sp³-hybridized carbons (Fsp3) is 0.800. The molecule has 1 aromatic rings. The van der Waals surface area contributed by atoms with E-state index >= 15 is 0 Å². The molecule has 1 unspecified atom stereocenters. The molecular weight excluding hydrogens is 222 g/mol. The predicted octanol–water partition coefficient (Wildman–Crippen LogP) is 2.80. The van der Waals surface area contributed by atoms with Crippen LogP contribution in [-0.4, -0.2) is 22.9 Å². The van der Waals surface area contributed by atoms with Crippen LogP contribution in [0.3, 0.4) is 0 Å². The molecule has 3 nitrogen and oxygen atoms in total. The summed E-state index contributed by atoms with van der Waals surface area (Å²) in [5, 5.41) is 8.01. The lowest BCUT2D eigenvalue weighted by Crippen LogP contribution is -2.22. The van der Waals surface area contributed by atoms with Crippen LogP contribution in [-0.2, 0) is 19.9 Å². The van der Waals surface area contributed by atoms with Gasteiger partial charge in [0, 0.05) is 12.7 Å². The maximum absolute atomic E-state index is 4.50. The van der Waals surface area contributed by atoms with Crippen LogP contribution < -0.4 is 5.32 Å². The Morgan fingerprint density at radius 3 is 2.61 bits per heavy atom. The Labute approximate surface area is 112 Å². The van der Waals surface area contributed by atoms with Gasteiger partial charge in [-0.25, -0.2) is 0 Å². The molecule has 0 aliphatic heterocycles. The van der Waals surface area contributed by atoms with E-state index in [4.69, 9.17) is 0 Å². The maximum Gasteiger partial charge on any atom is 0.0624 e. The Kier molecular flexibility index (Phi) is 6.41. The van der Waals surface area contributed by atoms with Crippen molar-refractivity contribution in [3.63, 3.8) is 0 Å². The van der Waals surface area contributed by atoms with Crippen LogP contribution in [0, 0.1) is 11.8 Å². The number of hydrogen-bond donors (Lipinski definition) is 1. The van der Waals surface area contributed by atoms with E-state index in [1.54, 1.807) is 0 Å². The van der Waals surface area contributed by atoms with Crippen LogP contribution in [0.5, 0.6) is 0 Å². The number of hydrogen-bond acceptors (Lipinski definition) is 2. The van der Waals surface area contributed by atoms with Crippen molar-refractivity contribution in [1.29, 1.82) is 0 Å². The van der Waals surface area contributed by atoms with Crippen molar-refractivity contribution in [3.05, 3.63) is 17.5 Å². The monoisotopic (exact) mass is 251 g/mol. The molecule has 0 aliphatic rings. The number of nitrogens with zero attached hydrogens (tertiary/aromatic N) is 2. The van der Waals surface area contributed by atoms with Gasteiger partial charge < -0.3 is 5.32 Å². The highest BCUT2D eigenvalue weighted by Crippen LogP contribution is 2.12. The first kappa shape index (κ1) is 15.2. The molecule has 0 spiro atoms. The van der Waals surface area contributed by atoms with E-state index < -0.39 is 0 Å². The molecule has 3 heteroatoms. The van der Waals surface area contributed by atoms with Gasteiger partial charge in [0.25, 0.3) is 0 Å². The Hall–Kier alpha value is -0.830. The van der Waals surface area contributed by atoms with E-state index in [0.29, 0.717) is 5.92 Å². The third kappa shape index (κ3) is 5.21. The van der Waals surface area contributed by atoms with Crippen LogP contribution in [0.1, 0.15) is 45.5 Å². The summed E-state index contributed by atoms with van der Waals surface area (Å²) in [6.07, 6.45) is 3.39. The SMILES string of the molecule is CCc1cc(CC(C)CCNCC(C)C)n(C)n1. The van der Waals surface area contributed by atoms with Gasteiger partial charge in [-0.2, -0.15) is 5.10 Å². The fourth-order valence-electron chi connectivity index (χ4n) is 2.13. The summed E-state index contributed by atoms with van der Waals surface area (Å²) in [4.78, 5) is 0. The van der Waals surface area contributed by atoms with Gasteiger partial charge in [0.1, 0.15) is 0 Å². The summed E-state index contributed by atoms with van der Waals surface area (Å²) in [6.45, 7) is 11.2. The normalized spacial score (nSPS) is 13.2. The molecule has 0 aromatic carbocycles. The van der Waals surface area contributed by atoms with Gasteiger partial charge in [-0.3, -0.25) is 4.68 Å². The number of aryl methyl sites for hydroxylation is 2. The minimum Gasteiger partial charge on any atom is -0.316 e. The summed E-state index contributed by atoms with van der Waals surface area (Å²) >= 11 is 0. The average molecular weight is 251 g/mol. The lowest BCUT2D eigenvalue weighted by Gasteiger charge is -2.13. The topological polar surface area (TPSA) is 29.9 Å². The minimum absolute atomic E-state index is 0.713. The highest BCUT2D eigenvalue weighted by molar-refractivity contribution is 5.10. The zero-order chi connectivity index (χ0) is 13.5. The first-order valence-electron chi connectivity index (χ1n) is 7.25. The quantitative estimate of drug-likeness (QED) is 0.720. The van der Waals surface area contributed by atoms with Crippen molar-refractivity contribution in [2.24, 2.45) is 18.9 Å². The van der Waals surface area contributed by atoms with E-state index in [1.807, 2.05) is 4.68 Å². The van der Waals surface area contributed by atoms with E-state index in [-0.39, 0.29) is 0 Å². The smallest absolute Gasteiger partial charge is 0.0624 e. The van der Waals surface area contributed by atoms with Crippen molar-refractivity contribution >= 4 is 0 Å². The molecule has 0 bridgehead atoms. The van der Waals surface area contributed by atoms with Gasteiger partial charge in [-0.15, -0.1) is 0 Å². The summed E-state index contributed by atoms with van der Waals surface area (Å²) in [5.41, 5.74) is 2.57. The predicted molar refractivity (Wildman–Crippen MR) is 77.8 cm³/mol. The summed E-state index contributed by atoms with van der Waals surface area (Å²) < 4.78 is 2.04. The molecule has 0 fully saturated rings. The number of nitrogens with one attached hydrogen (secondary N) is 1. The van der Waals surface area contributed by atoms with E-state index in [9.17, 15) is 0 Å². The second-order valence-corrected chi connectivity index (χ2v) is 5.80. The van der Waals surface area contributed by atoms with Gasteiger partial charge in [-0.05, 0) is 50.3 Å². The maximum atomic E-state index is 4.50. The zero-order valence-electron chi connectivity index (χ0n) is 12.7. The van der Waals surface area contributed by atoms with Gasteiger partial charge in [0.2, 0.25) is 0 Å². The van der Waals surface area contributed by atoms with Gasteiger partial charge in [0.15, 0.2) is 0 Å². The van der Waals surface area contributed by atoms with E-state index in [1.165, 1.54) is 17.8 Å². The molecule has 1 rings (SSSR count).